The second-order valence-corrected chi connectivity index (χ2v) is 6.45. The van der Waals surface area contributed by atoms with E-state index >= 15 is 0 Å². The van der Waals surface area contributed by atoms with E-state index in [2.05, 4.69) is 14.9 Å². The van der Waals surface area contributed by atoms with Crippen molar-refractivity contribution in [3.63, 3.8) is 0 Å². The van der Waals surface area contributed by atoms with Crippen molar-refractivity contribution in [1.29, 1.82) is 0 Å². The first-order valence-electron chi connectivity index (χ1n) is 8.34. The molecule has 148 valence electrons. The molecule has 0 aliphatic heterocycles. The third-order valence-corrected chi connectivity index (χ3v) is 4.14. The van der Waals surface area contributed by atoms with Crippen molar-refractivity contribution in [2.24, 2.45) is 0 Å². The summed E-state index contributed by atoms with van der Waals surface area (Å²) in [5.74, 6) is 1.23. The van der Waals surface area contributed by atoms with Crippen molar-refractivity contribution in [2.45, 2.75) is 19.7 Å². The molecule has 0 saturated heterocycles. The average Bonchev–Trinajstić information content (AvgIpc) is 3.10. The van der Waals surface area contributed by atoms with E-state index in [-0.39, 0.29) is 11.6 Å². The minimum Gasteiger partial charge on any atom is -0.496 e. The molecule has 3 aromatic rings. The highest BCUT2D eigenvalue weighted by atomic mass is 35.5. The number of hydrogen-bond donors (Lipinski definition) is 0. The lowest BCUT2D eigenvalue weighted by Gasteiger charge is -2.16. The molecule has 28 heavy (non-hydrogen) atoms. The van der Waals surface area contributed by atoms with E-state index in [9.17, 15) is 8.78 Å². The van der Waals surface area contributed by atoms with Crippen LogP contribution in [-0.4, -0.2) is 35.8 Å². The number of halogens is 3. The zero-order valence-electron chi connectivity index (χ0n) is 15.2. The number of alkyl halides is 2. The molecule has 0 radical (unpaired) electrons. The fourth-order valence-corrected chi connectivity index (χ4v) is 2.92. The Balaban J connectivity index is 1.72. The van der Waals surface area contributed by atoms with Gasteiger partial charge in [-0.3, -0.25) is 4.90 Å². The second-order valence-electron chi connectivity index (χ2n) is 6.01. The van der Waals surface area contributed by atoms with Crippen LogP contribution in [0.3, 0.4) is 0 Å². The van der Waals surface area contributed by atoms with E-state index in [4.69, 9.17) is 20.9 Å². The zero-order valence-corrected chi connectivity index (χ0v) is 16.0. The van der Waals surface area contributed by atoms with Crippen molar-refractivity contribution >= 4 is 11.6 Å². The topological polar surface area (TPSA) is 60.6 Å². The van der Waals surface area contributed by atoms with Crippen LogP contribution >= 0.6 is 11.6 Å². The number of ether oxygens (including phenoxy) is 2. The Bertz CT molecular complexity index is 936. The molecule has 9 heteroatoms. The molecule has 2 aromatic carbocycles. The monoisotopic (exact) mass is 409 g/mol. The molecule has 0 bridgehead atoms. The maximum atomic E-state index is 12.6. The van der Waals surface area contributed by atoms with E-state index < -0.39 is 6.61 Å². The summed E-state index contributed by atoms with van der Waals surface area (Å²) in [6.07, 6.45) is 0. The van der Waals surface area contributed by atoms with Gasteiger partial charge in [0.2, 0.25) is 11.7 Å². The van der Waals surface area contributed by atoms with Crippen molar-refractivity contribution in [3.05, 3.63) is 58.9 Å². The highest BCUT2D eigenvalue weighted by molar-refractivity contribution is 6.30. The highest BCUT2D eigenvalue weighted by Crippen LogP contribution is 2.29. The van der Waals surface area contributed by atoms with Crippen LogP contribution in [-0.2, 0) is 13.1 Å². The van der Waals surface area contributed by atoms with Gasteiger partial charge in [0.15, 0.2) is 0 Å². The Morgan fingerprint density at radius 2 is 1.93 bits per heavy atom. The molecular weight excluding hydrogens is 392 g/mol. The number of benzene rings is 2. The quantitative estimate of drug-likeness (QED) is 0.540. The minimum absolute atomic E-state index is 0.0122. The summed E-state index contributed by atoms with van der Waals surface area (Å²) in [7, 11) is 3.47. The summed E-state index contributed by atoms with van der Waals surface area (Å²) >= 11 is 6.06. The first kappa shape index (κ1) is 20.0. The van der Waals surface area contributed by atoms with Crippen LogP contribution in [0.2, 0.25) is 5.02 Å². The molecule has 1 heterocycles. The van der Waals surface area contributed by atoms with Gasteiger partial charge in [-0.1, -0.05) is 28.9 Å². The number of aromatic nitrogens is 2. The lowest BCUT2D eigenvalue weighted by Crippen LogP contribution is -2.18. The van der Waals surface area contributed by atoms with Crippen molar-refractivity contribution in [2.75, 3.05) is 14.2 Å². The van der Waals surface area contributed by atoms with Gasteiger partial charge in [0.05, 0.1) is 19.2 Å². The third-order valence-electron chi connectivity index (χ3n) is 3.90. The standard InChI is InChI=1S/C19H18ClF2N3O3/c1-25(10-12-9-13(20)7-8-15(12)26-2)11-17-23-18(24-28-17)14-5-3-4-6-16(14)27-19(21)22/h3-9,19H,10-11H2,1-2H3. The van der Waals surface area contributed by atoms with Gasteiger partial charge < -0.3 is 14.0 Å². The van der Waals surface area contributed by atoms with Gasteiger partial charge in [-0.25, -0.2) is 0 Å². The number of para-hydroxylation sites is 1. The molecular formula is C19H18ClF2N3O3. The van der Waals surface area contributed by atoms with Gasteiger partial charge in [0.25, 0.3) is 0 Å². The number of rotatable bonds is 8. The Morgan fingerprint density at radius 3 is 2.68 bits per heavy atom. The van der Waals surface area contributed by atoms with E-state index in [1.54, 1.807) is 37.4 Å². The van der Waals surface area contributed by atoms with Gasteiger partial charge in [-0.15, -0.1) is 0 Å². The van der Waals surface area contributed by atoms with Crippen molar-refractivity contribution < 1.29 is 22.8 Å². The molecule has 0 saturated carbocycles. The fraction of sp³-hybridized carbons (Fsp3) is 0.263. The van der Waals surface area contributed by atoms with E-state index in [1.807, 2.05) is 18.0 Å². The summed E-state index contributed by atoms with van der Waals surface area (Å²) < 4.78 is 40.3. The van der Waals surface area contributed by atoms with Gasteiger partial charge >= 0.3 is 6.61 Å². The van der Waals surface area contributed by atoms with Crippen LogP contribution < -0.4 is 9.47 Å². The molecule has 3 rings (SSSR count). The van der Waals surface area contributed by atoms with Gasteiger partial charge in [0.1, 0.15) is 11.5 Å². The van der Waals surface area contributed by atoms with Crippen LogP contribution in [0.4, 0.5) is 8.78 Å². The first-order valence-corrected chi connectivity index (χ1v) is 8.72. The molecule has 1 aromatic heterocycles. The van der Waals surface area contributed by atoms with Crippen LogP contribution in [0.1, 0.15) is 11.5 Å². The Kier molecular flexibility index (Phi) is 6.43. The summed E-state index contributed by atoms with van der Waals surface area (Å²) in [6.45, 7) is -2.06. The smallest absolute Gasteiger partial charge is 0.387 e. The predicted octanol–water partition coefficient (Wildman–Crippen LogP) is 4.63. The molecule has 0 amide bonds. The molecule has 0 fully saturated rings. The number of nitrogens with zero attached hydrogens (tertiary/aromatic N) is 3. The molecule has 0 N–H and O–H groups in total. The van der Waals surface area contributed by atoms with Crippen LogP contribution in [0, 0.1) is 0 Å². The SMILES string of the molecule is COc1ccc(Cl)cc1CN(C)Cc1nc(-c2ccccc2OC(F)F)no1. The number of methoxy groups -OCH3 is 1. The van der Waals surface area contributed by atoms with E-state index in [0.717, 1.165) is 11.3 Å². The highest BCUT2D eigenvalue weighted by Gasteiger charge is 2.17. The fourth-order valence-electron chi connectivity index (χ4n) is 2.73. The lowest BCUT2D eigenvalue weighted by molar-refractivity contribution is -0.0494. The second kappa shape index (κ2) is 8.99. The molecule has 0 spiro atoms. The zero-order chi connectivity index (χ0) is 20.1. The van der Waals surface area contributed by atoms with Crippen molar-refractivity contribution in [1.82, 2.24) is 15.0 Å². The Hall–Kier alpha value is -2.71. The van der Waals surface area contributed by atoms with Crippen LogP contribution in [0.15, 0.2) is 47.0 Å². The first-order chi connectivity index (χ1) is 13.5. The number of hydrogen-bond acceptors (Lipinski definition) is 6. The normalized spacial score (nSPS) is 11.2. The Labute approximate surface area is 165 Å². The summed E-state index contributed by atoms with van der Waals surface area (Å²) in [5, 5.41) is 4.49. The van der Waals surface area contributed by atoms with E-state index in [0.29, 0.717) is 29.6 Å². The van der Waals surface area contributed by atoms with E-state index in [1.165, 1.54) is 6.07 Å². The molecule has 0 aliphatic rings. The molecule has 0 aliphatic carbocycles. The third kappa shape index (κ3) is 4.96. The average molecular weight is 410 g/mol. The molecule has 0 unspecified atom stereocenters. The summed E-state index contributed by atoms with van der Waals surface area (Å²) in [6, 6.07) is 11.7. The van der Waals surface area contributed by atoms with Gasteiger partial charge in [-0.2, -0.15) is 13.8 Å². The maximum Gasteiger partial charge on any atom is 0.387 e. The summed E-state index contributed by atoms with van der Waals surface area (Å²) in [5.41, 5.74) is 1.24. The lowest BCUT2D eigenvalue weighted by atomic mass is 10.2. The molecule has 6 nitrogen and oxygen atoms in total. The Morgan fingerprint density at radius 1 is 1.14 bits per heavy atom. The maximum absolute atomic E-state index is 12.6. The van der Waals surface area contributed by atoms with Gasteiger partial charge in [-0.05, 0) is 37.4 Å². The minimum atomic E-state index is -2.94. The largest absolute Gasteiger partial charge is 0.496 e. The molecule has 0 atom stereocenters. The predicted molar refractivity (Wildman–Crippen MR) is 99.5 cm³/mol. The van der Waals surface area contributed by atoms with Crippen molar-refractivity contribution in [3.8, 4) is 22.9 Å². The summed E-state index contributed by atoms with van der Waals surface area (Å²) in [4.78, 5) is 6.23. The van der Waals surface area contributed by atoms with Crippen LogP contribution in [0.5, 0.6) is 11.5 Å². The van der Waals surface area contributed by atoms with Crippen LogP contribution in [0.25, 0.3) is 11.4 Å². The van der Waals surface area contributed by atoms with Gasteiger partial charge in [0, 0.05) is 17.1 Å².